The Morgan fingerprint density at radius 2 is 1.95 bits per heavy atom. The van der Waals surface area contributed by atoms with Crippen LogP contribution in [0.25, 0.3) is 0 Å². The van der Waals surface area contributed by atoms with E-state index < -0.39 is 0 Å². The third kappa shape index (κ3) is 2.51. The fourth-order valence-corrected chi connectivity index (χ4v) is 2.98. The predicted octanol–water partition coefficient (Wildman–Crippen LogP) is 4.04. The van der Waals surface area contributed by atoms with Crippen LogP contribution in [0, 0.1) is 0 Å². The standard InChI is InChI=1S/C18H21NO/c1-3-19-14(2)11-16-12-17(9-10-18(16)19)20-13-15-7-5-4-6-8-15/h4-10,12,14H,3,11,13H2,1-2H3. The van der Waals surface area contributed by atoms with Crippen LogP contribution in [0.4, 0.5) is 5.69 Å². The quantitative estimate of drug-likeness (QED) is 0.829. The monoisotopic (exact) mass is 267 g/mol. The molecule has 1 unspecified atom stereocenters. The van der Waals surface area contributed by atoms with Gasteiger partial charge in [-0.1, -0.05) is 30.3 Å². The van der Waals surface area contributed by atoms with Gasteiger partial charge in [0.25, 0.3) is 0 Å². The first kappa shape index (κ1) is 13.0. The minimum Gasteiger partial charge on any atom is -0.489 e. The van der Waals surface area contributed by atoms with Crippen molar-refractivity contribution in [3.8, 4) is 5.75 Å². The van der Waals surface area contributed by atoms with E-state index in [4.69, 9.17) is 4.74 Å². The molecule has 1 heterocycles. The van der Waals surface area contributed by atoms with Crippen molar-refractivity contribution in [1.29, 1.82) is 0 Å². The molecule has 104 valence electrons. The minimum absolute atomic E-state index is 0.597. The fraction of sp³-hybridized carbons (Fsp3) is 0.333. The molecular weight excluding hydrogens is 246 g/mol. The van der Waals surface area contributed by atoms with Crippen LogP contribution in [0.1, 0.15) is 25.0 Å². The van der Waals surface area contributed by atoms with Gasteiger partial charge in [0.15, 0.2) is 0 Å². The fourth-order valence-electron chi connectivity index (χ4n) is 2.98. The predicted molar refractivity (Wildman–Crippen MR) is 83.4 cm³/mol. The third-order valence-corrected chi connectivity index (χ3v) is 4.00. The topological polar surface area (TPSA) is 12.5 Å². The van der Waals surface area contributed by atoms with E-state index in [1.54, 1.807) is 0 Å². The Bertz CT molecular complexity index is 579. The normalized spacial score (nSPS) is 17.1. The Hall–Kier alpha value is -1.96. The second kappa shape index (κ2) is 5.58. The van der Waals surface area contributed by atoms with E-state index in [9.17, 15) is 0 Å². The summed E-state index contributed by atoms with van der Waals surface area (Å²) in [5, 5.41) is 0. The van der Waals surface area contributed by atoms with Gasteiger partial charge in [-0.2, -0.15) is 0 Å². The first-order valence-corrected chi connectivity index (χ1v) is 7.34. The van der Waals surface area contributed by atoms with Gasteiger partial charge in [-0.3, -0.25) is 0 Å². The van der Waals surface area contributed by atoms with Gasteiger partial charge >= 0.3 is 0 Å². The van der Waals surface area contributed by atoms with Crippen LogP contribution in [0.3, 0.4) is 0 Å². The number of hydrogen-bond acceptors (Lipinski definition) is 2. The average molecular weight is 267 g/mol. The summed E-state index contributed by atoms with van der Waals surface area (Å²) < 4.78 is 5.90. The summed E-state index contributed by atoms with van der Waals surface area (Å²) in [7, 11) is 0. The van der Waals surface area contributed by atoms with Gasteiger partial charge in [-0.05, 0) is 49.6 Å². The molecule has 2 heteroatoms. The zero-order valence-corrected chi connectivity index (χ0v) is 12.2. The van der Waals surface area contributed by atoms with Gasteiger partial charge in [0.1, 0.15) is 12.4 Å². The van der Waals surface area contributed by atoms with Crippen molar-refractivity contribution in [2.75, 3.05) is 11.4 Å². The average Bonchev–Trinajstić information content (AvgIpc) is 2.80. The number of ether oxygens (including phenoxy) is 1. The van der Waals surface area contributed by atoms with E-state index in [-0.39, 0.29) is 0 Å². The van der Waals surface area contributed by atoms with Crippen LogP contribution in [-0.2, 0) is 13.0 Å². The molecule has 2 aromatic carbocycles. The maximum absolute atomic E-state index is 5.90. The molecule has 2 aromatic rings. The minimum atomic E-state index is 0.597. The van der Waals surface area contributed by atoms with Crippen molar-refractivity contribution in [1.82, 2.24) is 0 Å². The van der Waals surface area contributed by atoms with Crippen LogP contribution in [0.15, 0.2) is 48.5 Å². The summed E-state index contributed by atoms with van der Waals surface area (Å²) in [5.74, 6) is 0.970. The summed E-state index contributed by atoms with van der Waals surface area (Å²) in [6.07, 6.45) is 1.12. The smallest absolute Gasteiger partial charge is 0.120 e. The van der Waals surface area contributed by atoms with E-state index in [0.717, 1.165) is 18.7 Å². The number of likely N-dealkylation sites (N-methyl/N-ethyl adjacent to an activating group) is 1. The lowest BCUT2D eigenvalue weighted by Gasteiger charge is -2.22. The molecule has 1 aliphatic rings. The molecule has 0 fully saturated rings. The molecule has 0 amide bonds. The Morgan fingerprint density at radius 3 is 2.70 bits per heavy atom. The zero-order valence-electron chi connectivity index (χ0n) is 12.2. The van der Waals surface area contributed by atoms with Crippen LogP contribution < -0.4 is 9.64 Å². The molecular formula is C18H21NO. The summed E-state index contributed by atoms with van der Waals surface area (Å²) in [6.45, 7) is 6.20. The summed E-state index contributed by atoms with van der Waals surface area (Å²) in [4.78, 5) is 2.45. The number of nitrogens with zero attached hydrogens (tertiary/aromatic N) is 1. The number of anilines is 1. The van der Waals surface area contributed by atoms with Gasteiger partial charge in [-0.25, -0.2) is 0 Å². The highest BCUT2D eigenvalue weighted by Crippen LogP contribution is 2.34. The summed E-state index contributed by atoms with van der Waals surface area (Å²) >= 11 is 0. The maximum atomic E-state index is 5.90. The summed E-state index contributed by atoms with van der Waals surface area (Å²) in [5.41, 5.74) is 3.98. The Morgan fingerprint density at radius 1 is 1.15 bits per heavy atom. The van der Waals surface area contributed by atoms with Crippen molar-refractivity contribution in [3.63, 3.8) is 0 Å². The van der Waals surface area contributed by atoms with Crippen LogP contribution >= 0.6 is 0 Å². The van der Waals surface area contributed by atoms with Crippen LogP contribution in [0.5, 0.6) is 5.75 Å². The number of fused-ring (bicyclic) bond motifs is 1. The van der Waals surface area contributed by atoms with E-state index in [1.165, 1.54) is 16.8 Å². The highest BCUT2D eigenvalue weighted by molar-refractivity contribution is 5.61. The first-order chi connectivity index (χ1) is 9.78. The van der Waals surface area contributed by atoms with E-state index in [2.05, 4.69) is 49.1 Å². The largest absolute Gasteiger partial charge is 0.489 e. The Balaban J connectivity index is 1.72. The van der Waals surface area contributed by atoms with E-state index >= 15 is 0 Å². The molecule has 0 aromatic heterocycles. The zero-order chi connectivity index (χ0) is 13.9. The molecule has 0 saturated heterocycles. The van der Waals surface area contributed by atoms with Gasteiger partial charge in [0, 0.05) is 18.3 Å². The van der Waals surface area contributed by atoms with Gasteiger partial charge < -0.3 is 9.64 Å². The molecule has 20 heavy (non-hydrogen) atoms. The highest BCUT2D eigenvalue weighted by atomic mass is 16.5. The SMILES string of the molecule is CCN1c2ccc(OCc3ccccc3)cc2CC1C. The van der Waals surface area contributed by atoms with Crippen molar-refractivity contribution >= 4 is 5.69 Å². The molecule has 0 N–H and O–H groups in total. The third-order valence-electron chi connectivity index (χ3n) is 4.00. The van der Waals surface area contributed by atoms with E-state index in [1.807, 2.05) is 18.2 Å². The molecule has 1 atom stereocenters. The lowest BCUT2D eigenvalue weighted by molar-refractivity contribution is 0.306. The van der Waals surface area contributed by atoms with Gasteiger partial charge in [0.2, 0.25) is 0 Å². The van der Waals surface area contributed by atoms with Crippen LogP contribution in [-0.4, -0.2) is 12.6 Å². The van der Waals surface area contributed by atoms with Crippen molar-refractivity contribution < 1.29 is 4.74 Å². The van der Waals surface area contributed by atoms with Crippen molar-refractivity contribution in [3.05, 3.63) is 59.7 Å². The molecule has 0 saturated carbocycles. The molecule has 2 nitrogen and oxygen atoms in total. The number of hydrogen-bond donors (Lipinski definition) is 0. The number of rotatable bonds is 4. The lowest BCUT2D eigenvalue weighted by Crippen LogP contribution is -2.28. The molecule has 1 aliphatic heterocycles. The van der Waals surface area contributed by atoms with E-state index in [0.29, 0.717) is 12.6 Å². The van der Waals surface area contributed by atoms with Gasteiger partial charge in [0.05, 0.1) is 0 Å². The number of benzene rings is 2. The Labute approximate surface area is 121 Å². The molecule has 0 spiro atoms. The lowest BCUT2D eigenvalue weighted by atomic mass is 10.1. The molecule has 0 bridgehead atoms. The van der Waals surface area contributed by atoms with Crippen molar-refractivity contribution in [2.45, 2.75) is 32.9 Å². The Kier molecular flexibility index (Phi) is 3.64. The molecule has 0 aliphatic carbocycles. The maximum Gasteiger partial charge on any atom is 0.120 e. The molecule has 0 radical (unpaired) electrons. The van der Waals surface area contributed by atoms with Crippen LogP contribution in [0.2, 0.25) is 0 Å². The molecule has 3 rings (SSSR count). The first-order valence-electron chi connectivity index (χ1n) is 7.34. The van der Waals surface area contributed by atoms with Crippen molar-refractivity contribution in [2.24, 2.45) is 0 Å². The summed E-state index contributed by atoms with van der Waals surface area (Å²) in [6, 6.07) is 17.4. The van der Waals surface area contributed by atoms with Gasteiger partial charge in [-0.15, -0.1) is 0 Å². The second-order valence-corrected chi connectivity index (χ2v) is 5.40. The highest BCUT2D eigenvalue weighted by Gasteiger charge is 2.24. The second-order valence-electron chi connectivity index (χ2n) is 5.40.